The average Bonchev–Trinajstić information content (AvgIpc) is 1.41. The molecular weight excluding hydrogens is 87.5 g/mol. The highest BCUT2D eigenvalue weighted by atomic mass is 35.5. The summed E-state index contributed by atoms with van der Waals surface area (Å²) in [5.41, 5.74) is 0. The van der Waals surface area contributed by atoms with Crippen LogP contribution in [0.1, 0.15) is 0 Å². The van der Waals surface area contributed by atoms with Gasteiger partial charge in [-0.25, -0.2) is 5.11 Å². The molecule has 2 radical (unpaired) electrons. The molecule has 30 valence electrons. The third kappa shape index (κ3) is 4.25. The summed E-state index contributed by atoms with van der Waals surface area (Å²) in [4.78, 5) is 0. The van der Waals surface area contributed by atoms with E-state index in [-0.39, 0.29) is 6.61 Å². The van der Waals surface area contributed by atoms with Gasteiger partial charge in [0.05, 0.1) is 6.61 Å². The molecule has 0 aliphatic rings. The predicted octanol–water partition coefficient (Wildman–Crippen LogP) is 0.860. The Morgan fingerprint density at radius 3 is 2.40 bits per heavy atom. The molecule has 0 unspecified atom stereocenters. The number of alkyl halides is 1. The first-order valence-corrected chi connectivity index (χ1v) is 1.91. The summed E-state index contributed by atoms with van der Waals surface area (Å²) in [7, 11) is 0. The second kappa shape index (κ2) is 4.25. The Labute approximate surface area is 36.6 Å². The van der Waals surface area contributed by atoms with Crippen molar-refractivity contribution < 1.29 is 5.11 Å². The fraction of sp³-hybridized carbons (Fsp3) is 0.667. The number of hydrogen-bond donors (Lipinski definition) is 0. The first kappa shape index (κ1) is 5.25. The maximum atomic E-state index is 9.39. The normalized spacial score (nSPS) is 8.40. The molecule has 0 saturated carbocycles. The van der Waals surface area contributed by atoms with E-state index in [1.807, 2.05) is 0 Å². The fourth-order valence-corrected chi connectivity index (χ4v) is 0.134. The van der Waals surface area contributed by atoms with Gasteiger partial charge in [-0.1, -0.05) is 0 Å². The van der Waals surface area contributed by atoms with Crippen molar-refractivity contribution in [2.75, 3.05) is 12.5 Å². The third-order valence-electron chi connectivity index (χ3n) is 0.227. The Balaban J connectivity index is 2.19. The molecule has 2 heteroatoms. The Morgan fingerprint density at radius 1 is 1.80 bits per heavy atom. The van der Waals surface area contributed by atoms with Crippen molar-refractivity contribution in [2.45, 2.75) is 0 Å². The topological polar surface area (TPSA) is 19.9 Å². The van der Waals surface area contributed by atoms with Crippen LogP contribution in [0.5, 0.6) is 0 Å². The maximum absolute atomic E-state index is 9.39. The number of halogens is 1. The molecule has 5 heavy (non-hydrogen) atoms. The van der Waals surface area contributed by atoms with Crippen LogP contribution in [0.2, 0.25) is 0 Å². The Morgan fingerprint density at radius 2 is 2.40 bits per heavy atom. The van der Waals surface area contributed by atoms with Gasteiger partial charge in [-0.05, 0) is 0 Å². The smallest absolute Gasteiger partial charge is 0.0865 e. The van der Waals surface area contributed by atoms with E-state index in [4.69, 9.17) is 11.6 Å². The third-order valence-corrected chi connectivity index (χ3v) is 0.445. The van der Waals surface area contributed by atoms with Crippen LogP contribution in [-0.4, -0.2) is 12.5 Å². The van der Waals surface area contributed by atoms with Crippen molar-refractivity contribution in [1.82, 2.24) is 0 Å². The summed E-state index contributed by atoms with van der Waals surface area (Å²) in [5, 5.41) is 9.39. The van der Waals surface area contributed by atoms with Gasteiger partial charge in [0, 0.05) is 12.3 Å². The van der Waals surface area contributed by atoms with Crippen LogP contribution in [0.15, 0.2) is 0 Å². The second-order valence-corrected chi connectivity index (χ2v) is 0.918. The Kier molecular flexibility index (Phi) is 4.46. The molecule has 0 N–H and O–H groups in total. The van der Waals surface area contributed by atoms with Gasteiger partial charge >= 0.3 is 0 Å². The molecular formula is C3H5ClO. The molecule has 0 aliphatic carbocycles. The highest BCUT2D eigenvalue weighted by Crippen LogP contribution is 1.76. The zero-order valence-corrected chi connectivity index (χ0v) is 3.53. The van der Waals surface area contributed by atoms with Gasteiger partial charge in [0.1, 0.15) is 0 Å². The van der Waals surface area contributed by atoms with Gasteiger partial charge in [0.15, 0.2) is 0 Å². The molecule has 0 atom stereocenters. The molecule has 0 fully saturated rings. The molecule has 0 spiro atoms. The van der Waals surface area contributed by atoms with Gasteiger partial charge < -0.3 is 0 Å². The van der Waals surface area contributed by atoms with E-state index >= 15 is 0 Å². The molecule has 1 nitrogen and oxygen atoms in total. The fourth-order valence-electron chi connectivity index (χ4n) is 0.0445. The van der Waals surface area contributed by atoms with Crippen LogP contribution < -0.4 is 0 Å². The summed E-state index contributed by atoms with van der Waals surface area (Å²) < 4.78 is 0. The van der Waals surface area contributed by atoms with Crippen LogP contribution in [-0.2, 0) is 5.11 Å². The lowest BCUT2D eigenvalue weighted by atomic mass is 10.5. The van der Waals surface area contributed by atoms with E-state index in [2.05, 4.69) is 0 Å². The lowest BCUT2D eigenvalue weighted by molar-refractivity contribution is 0.221. The lowest BCUT2D eigenvalue weighted by Crippen LogP contribution is -1.78. The average molecular weight is 92.5 g/mol. The summed E-state index contributed by atoms with van der Waals surface area (Å²) >= 11 is 5.05. The monoisotopic (exact) mass is 92.0 g/mol. The highest BCUT2D eigenvalue weighted by Gasteiger charge is 1.74. The van der Waals surface area contributed by atoms with Crippen LogP contribution in [0, 0.1) is 6.42 Å². The Hall–Kier alpha value is 0.250. The van der Waals surface area contributed by atoms with Gasteiger partial charge in [-0.15, -0.1) is 11.6 Å². The highest BCUT2D eigenvalue weighted by molar-refractivity contribution is 6.18. The molecule has 0 heterocycles. The second-order valence-electron chi connectivity index (χ2n) is 0.610. The maximum Gasteiger partial charge on any atom is 0.0865 e. The van der Waals surface area contributed by atoms with E-state index in [9.17, 15) is 5.11 Å². The minimum Gasteiger partial charge on any atom is -0.236 e. The zero-order chi connectivity index (χ0) is 4.12. The van der Waals surface area contributed by atoms with Crippen molar-refractivity contribution in [3.8, 4) is 0 Å². The van der Waals surface area contributed by atoms with Gasteiger partial charge in [-0.3, -0.25) is 0 Å². The summed E-state index contributed by atoms with van der Waals surface area (Å²) in [6, 6.07) is 0. The molecule has 0 aliphatic heterocycles. The van der Waals surface area contributed by atoms with Gasteiger partial charge in [0.25, 0.3) is 0 Å². The SMILES string of the molecule is [O]C[CH]CCl. The molecule has 0 amide bonds. The summed E-state index contributed by atoms with van der Waals surface area (Å²) in [6.45, 7) is -0.163. The molecule has 0 aromatic rings. The first-order chi connectivity index (χ1) is 2.41. The Bertz CT molecular complexity index is 14.4. The first-order valence-electron chi connectivity index (χ1n) is 1.37. The van der Waals surface area contributed by atoms with E-state index in [0.29, 0.717) is 5.88 Å². The lowest BCUT2D eigenvalue weighted by Gasteiger charge is -1.73. The summed E-state index contributed by atoms with van der Waals surface area (Å²) in [6.07, 6.45) is 1.46. The van der Waals surface area contributed by atoms with Crippen LogP contribution in [0.3, 0.4) is 0 Å². The largest absolute Gasteiger partial charge is 0.236 e. The van der Waals surface area contributed by atoms with E-state index in [1.54, 1.807) is 0 Å². The molecule has 0 aromatic heterocycles. The number of rotatable bonds is 2. The van der Waals surface area contributed by atoms with Crippen molar-refractivity contribution in [3.63, 3.8) is 0 Å². The van der Waals surface area contributed by atoms with Crippen LogP contribution in [0.25, 0.3) is 0 Å². The molecule has 0 rings (SSSR count). The van der Waals surface area contributed by atoms with Gasteiger partial charge in [-0.2, -0.15) is 0 Å². The van der Waals surface area contributed by atoms with Crippen molar-refractivity contribution >= 4 is 11.6 Å². The minimum atomic E-state index is -0.163. The molecule has 0 saturated heterocycles. The predicted molar refractivity (Wildman–Crippen MR) is 20.6 cm³/mol. The summed E-state index contributed by atoms with van der Waals surface area (Å²) in [5.74, 6) is 0.378. The minimum absolute atomic E-state index is 0.163. The zero-order valence-electron chi connectivity index (χ0n) is 2.78. The standard InChI is InChI=1S/C3H5ClO/c4-2-1-3-5/h1H,2-3H2. The van der Waals surface area contributed by atoms with Crippen molar-refractivity contribution in [1.29, 1.82) is 0 Å². The van der Waals surface area contributed by atoms with E-state index in [1.165, 1.54) is 6.42 Å². The van der Waals surface area contributed by atoms with Crippen LogP contribution in [0.4, 0.5) is 0 Å². The van der Waals surface area contributed by atoms with E-state index < -0.39 is 0 Å². The molecule has 0 aromatic carbocycles. The van der Waals surface area contributed by atoms with Crippen molar-refractivity contribution in [3.05, 3.63) is 6.42 Å². The quantitative estimate of drug-likeness (QED) is 0.451. The number of hydrogen-bond acceptors (Lipinski definition) is 0. The van der Waals surface area contributed by atoms with Crippen molar-refractivity contribution in [2.24, 2.45) is 0 Å². The van der Waals surface area contributed by atoms with E-state index in [0.717, 1.165) is 0 Å². The molecule has 0 bridgehead atoms. The van der Waals surface area contributed by atoms with Crippen LogP contribution >= 0.6 is 11.6 Å². The van der Waals surface area contributed by atoms with Gasteiger partial charge in [0.2, 0.25) is 0 Å².